The summed E-state index contributed by atoms with van der Waals surface area (Å²) in [5, 5.41) is 5.20. The molecular weight excluding hydrogens is 697 g/mol. The van der Waals surface area contributed by atoms with E-state index in [0.717, 1.165) is 28.1 Å². The summed E-state index contributed by atoms with van der Waals surface area (Å²) in [6, 6.07) is 65.8. The van der Waals surface area contributed by atoms with Crippen LogP contribution in [0.15, 0.2) is 182 Å². The van der Waals surface area contributed by atoms with E-state index in [2.05, 4.69) is 178 Å². The highest BCUT2D eigenvalue weighted by Crippen LogP contribution is 2.53. The maximum absolute atomic E-state index is 5.15. The van der Waals surface area contributed by atoms with Crippen molar-refractivity contribution in [2.24, 2.45) is 0 Å². The summed E-state index contributed by atoms with van der Waals surface area (Å²) in [7, 11) is 0. The molecule has 1 aliphatic rings. The quantitative estimate of drug-likeness (QED) is 0.176. The highest BCUT2D eigenvalue weighted by molar-refractivity contribution is 7.25. The predicted octanol–water partition coefficient (Wildman–Crippen LogP) is 14.6. The molecule has 2 nitrogen and oxygen atoms in total. The van der Waals surface area contributed by atoms with E-state index in [0.29, 0.717) is 5.82 Å². The first-order chi connectivity index (χ1) is 27.5. The van der Waals surface area contributed by atoms with Crippen molar-refractivity contribution in [3.8, 4) is 67.3 Å². The molecule has 0 saturated heterocycles. The Bertz CT molecular complexity index is 3140. The topological polar surface area (TPSA) is 25.8 Å². The van der Waals surface area contributed by atoms with E-state index in [-0.39, 0.29) is 5.41 Å². The monoisotopic (exact) mass is 732 g/mol. The van der Waals surface area contributed by atoms with Gasteiger partial charge in [-0.05, 0) is 85.6 Å². The highest BCUT2D eigenvalue weighted by atomic mass is 32.1. The number of hydrogen-bond acceptors (Lipinski definition) is 3. The number of nitrogens with zero attached hydrogens (tertiary/aromatic N) is 2. The molecule has 0 N–H and O–H groups in total. The van der Waals surface area contributed by atoms with Gasteiger partial charge in [-0.15, -0.1) is 11.3 Å². The van der Waals surface area contributed by atoms with Crippen molar-refractivity contribution >= 4 is 42.3 Å². The molecule has 0 aliphatic heterocycles. The van der Waals surface area contributed by atoms with Crippen LogP contribution in [0.25, 0.3) is 98.2 Å². The summed E-state index contributed by atoms with van der Waals surface area (Å²) in [5.74, 6) is 0.715. The summed E-state index contributed by atoms with van der Waals surface area (Å²) in [5.41, 5.74) is 15.2. The van der Waals surface area contributed by atoms with Crippen LogP contribution in [0.5, 0.6) is 0 Å². The molecule has 0 unspecified atom stereocenters. The van der Waals surface area contributed by atoms with Gasteiger partial charge in [0.15, 0.2) is 5.82 Å². The maximum Gasteiger partial charge on any atom is 0.160 e. The van der Waals surface area contributed by atoms with Gasteiger partial charge in [-0.1, -0.05) is 166 Å². The van der Waals surface area contributed by atoms with Gasteiger partial charge in [0, 0.05) is 42.3 Å². The number of fused-ring (bicyclic) bond motifs is 7. The van der Waals surface area contributed by atoms with Gasteiger partial charge in [0.05, 0.1) is 11.4 Å². The van der Waals surface area contributed by atoms with Gasteiger partial charge in [0.25, 0.3) is 0 Å². The van der Waals surface area contributed by atoms with Gasteiger partial charge < -0.3 is 0 Å². The molecule has 8 aromatic carbocycles. The van der Waals surface area contributed by atoms with E-state index in [9.17, 15) is 0 Å². The van der Waals surface area contributed by atoms with E-state index in [1.54, 1.807) is 0 Å². The van der Waals surface area contributed by atoms with Crippen molar-refractivity contribution in [2.45, 2.75) is 19.3 Å². The fraction of sp³-hybridized carbons (Fsp3) is 0.0566. The largest absolute Gasteiger partial charge is 0.228 e. The van der Waals surface area contributed by atoms with E-state index < -0.39 is 0 Å². The SMILES string of the molecule is CC1(C)c2cc3ccccc3cc2-c2c(-c3ccc(-c4cc(-c5ccc(-c6cccc7sc8ccccc8c67)cc5)nc(-c5ccccc5)n4)cc3)cccc21. The first kappa shape index (κ1) is 32.7. The molecule has 10 aromatic rings. The Hall–Kier alpha value is -6.68. The Balaban J connectivity index is 0.987. The molecule has 11 rings (SSSR count). The van der Waals surface area contributed by atoms with Crippen molar-refractivity contribution in [3.05, 3.63) is 193 Å². The zero-order valence-electron chi connectivity index (χ0n) is 31.1. The molecule has 3 heteroatoms. The zero-order chi connectivity index (χ0) is 37.4. The molecule has 56 heavy (non-hydrogen) atoms. The Morgan fingerprint density at radius 2 is 0.982 bits per heavy atom. The number of hydrogen-bond donors (Lipinski definition) is 0. The third-order valence-electron chi connectivity index (χ3n) is 11.7. The highest BCUT2D eigenvalue weighted by Gasteiger charge is 2.37. The van der Waals surface area contributed by atoms with Gasteiger partial charge in [-0.25, -0.2) is 9.97 Å². The lowest BCUT2D eigenvalue weighted by Gasteiger charge is -2.22. The first-order valence-corrected chi connectivity index (χ1v) is 20.0. The lowest BCUT2D eigenvalue weighted by atomic mass is 9.81. The Kier molecular flexibility index (Phi) is 7.42. The summed E-state index contributed by atoms with van der Waals surface area (Å²) in [6.45, 7) is 4.71. The molecule has 264 valence electrons. The van der Waals surface area contributed by atoms with Crippen LogP contribution in [0.4, 0.5) is 0 Å². The summed E-state index contributed by atoms with van der Waals surface area (Å²) < 4.78 is 2.63. The molecule has 0 fully saturated rings. The van der Waals surface area contributed by atoms with Gasteiger partial charge in [0.2, 0.25) is 0 Å². The van der Waals surface area contributed by atoms with Crippen LogP contribution >= 0.6 is 11.3 Å². The van der Waals surface area contributed by atoms with Gasteiger partial charge in [-0.3, -0.25) is 0 Å². The minimum absolute atomic E-state index is 0.0837. The first-order valence-electron chi connectivity index (χ1n) is 19.2. The lowest BCUT2D eigenvalue weighted by Crippen LogP contribution is -2.14. The van der Waals surface area contributed by atoms with Crippen LogP contribution in [-0.4, -0.2) is 9.97 Å². The molecule has 1 aliphatic carbocycles. The smallest absolute Gasteiger partial charge is 0.160 e. The Morgan fingerprint density at radius 1 is 0.411 bits per heavy atom. The van der Waals surface area contributed by atoms with Gasteiger partial charge >= 0.3 is 0 Å². The van der Waals surface area contributed by atoms with Crippen molar-refractivity contribution in [2.75, 3.05) is 0 Å². The number of aromatic nitrogens is 2. The standard InChI is InChI=1S/C53H36N2S/c1-53(2)44-19-10-17-40(50(44)43-30-38-14-6-7-15-39(38)31-45(43)53)33-22-26-35(27-23-33)46-32-47(55-52(54-46)37-12-4-3-5-13-37)36-28-24-34(25-29-36)41-18-11-21-49-51(41)42-16-8-9-20-48(42)56-49/h3-32H,1-2H3. The van der Waals surface area contributed by atoms with Crippen LogP contribution in [0, 0.1) is 0 Å². The van der Waals surface area contributed by atoms with E-state index >= 15 is 0 Å². The number of benzene rings is 8. The normalized spacial score (nSPS) is 13.0. The van der Waals surface area contributed by atoms with Crippen LogP contribution in [0.1, 0.15) is 25.0 Å². The lowest BCUT2D eigenvalue weighted by molar-refractivity contribution is 0.661. The molecule has 0 atom stereocenters. The molecule has 2 aromatic heterocycles. The summed E-state index contributed by atoms with van der Waals surface area (Å²) in [6.07, 6.45) is 0. The van der Waals surface area contributed by atoms with Crippen molar-refractivity contribution in [1.82, 2.24) is 9.97 Å². The molecule has 0 spiro atoms. The third-order valence-corrected chi connectivity index (χ3v) is 12.8. The number of thiophene rings is 1. The molecule has 0 bridgehead atoms. The van der Waals surface area contributed by atoms with Gasteiger partial charge in [-0.2, -0.15) is 0 Å². The van der Waals surface area contributed by atoms with Crippen LogP contribution < -0.4 is 0 Å². The minimum atomic E-state index is -0.0837. The van der Waals surface area contributed by atoms with Crippen molar-refractivity contribution in [3.63, 3.8) is 0 Å². The average molecular weight is 733 g/mol. The predicted molar refractivity (Wildman–Crippen MR) is 237 cm³/mol. The van der Waals surface area contributed by atoms with E-state index in [4.69, 9.17) is 9.97 Å². The summed E-state index contributed by atoms with van der Waals surface area (Å²) in [4.78, 5) is 10.3. The molecule has 0 radical (unpaired) electrons. The summed E-state index contributed by atoms with van der Waals surface area (Å²) >= 11 is 1.85. The van der Waals surface area contributed by atoms with Crippen LogP contribution in [0.3, 0.4) is 0 Å². The van der Waals surface area contributed by atoms with Crippen molar-refractivity contribution in [1.29, 1.82) is 0 Å². The maximum atomic E-state index is 5.15. The Morgan fingerprint density at radius 3 is 1.71 bits per heavy atom. The second-order valence-electron chi connectivity index (χ2n) is 15.4. The second-order valence-corrected chi connectivity index (χ2v) is 16.4. The fourth-order valence-corrected chi connectivity index (χ4v) is 9.96. The molecular formula is C53H36N2S. The van der Waals surface area contributed by atoms with Crippen LogP contribution in [0.2, 0.25) is 0 Å². The van der Waals surface area contributed by atoms with Crippen molar-refractivity contribution < 1.29 is 0 Å². The fourth-order valence-electron chi connectivity index (χ4n) is 8.83. The average Bonchev–Trinajstić information content (AvgIpc) is 3.75. The second kappa shape index (κ2) is 12.7. The number of rotatable bonds is 5. The Labute approximate surface area is 330 Å². The molecule has 2 heterocycles. The van der Waals surface area contributed by atoms with E-state index in [1.165, 1.54) is 75.5 Å². The molecule has 0 amide bonds. The zero-order valence-corrected chi connectivity index (χ0v) is 31.9. The third kappa shape index (κ3) is 5.23. The minimum Gasteiger partial charge on any atom is -0.228 e. The molecule has 0 saturated carbocycles. The van der Waals surface area contributed by atoms with E-state index in [1.807, 2.05) is 29.5 Å². The van der Waals surface area contributed by atoms with Crippen LogP contribution in [-0.2, 0) is 5.41 Å². The van der Waals surface area contributed by atoms with Gasteiger partial charge in [0.1, 0.15) is 0 Å².